The SMILES string of the molecule is C1CCC(C2CCC3C(C2)OC2CC(C4NC(C5CCCCC5)NC(C5CCC6CCCCC6C5)N4)C4CCCCC4C23)CC1. The first-order chi connectivity index (χ1) is 22.3. The van der Waals surface area contributed by atoms with E-state index in [1.54, 1.807) is 0 Å². The summed E-state index contributed by atoms with van der Waals surface area (Å²) in [6.07, 6.45) is 39.4. The Morgan fingerprint density at radius 3 is 1.62 bits per heavy atom. The summed E-state index contributed by atoms with van der Waals surface area (Å²) in [7, 11) is 0. The van der Waals surface area contributed by atoms with Crippen LogP contribution in [0.2, 0.25) is 0 Å². The summed E-state index contributed by atoms with van der Waals surface area (Å²) in [5.41, 5.74) is 0. The lowest BCUT2D eigenvalue weighted by molar-refractivity contribution is -0.0737. The van der Waals surface area contributed by atoms with Gasteiger partial charge in [0.15, 0.2) is 0 Å². The van der Waals surface area contributed by atoms with Crippen molar-refractivity contribution in [3.05, 3.63) is 0 Å². The van der Waals surface area contributed by atoms with Crippen LogP contribution in [0.4, 0.5) is 0 Å². The molecule has 3 N–H and O–H groups in total. The predicted molar refractivity (Wildman–Crippen MR) is 183 cm³/mol. The van der Waals surface area contributed by atoms with Crippen molar-refractivity contribution in [2.75, 3.05) is 0 Å². The summed E-state index contributed by atoms with van der Waals surface area (Å²) < 4.78 is 7.33. The van der Waals surface area contributed by atoms with Gasteiger partial charge in [0, 0.05) is 0 Å². The minimum Gasteiger partial charge on any atom is -0.374 e. The lowest BCUT2D eigenvalue weighted by Crippen LogP contribution is -2.73. The van der Waals surface area contributed by atoms with Gasteiger partial charge in [-0.1, -0.05) is 89.9 Å². The molecule has 7 aliphatic carbocycles. The third-order valence-electron chi connectivity index (χ3n) is 16.6. The van der Waals surface area contributed by atoms with Gasteiger partial charge in [-0.25, -0.2) is 0 Å². The highest BCUT2D eigenvalue weighted by Gasteiger charge is 2.58. The second-order valence-electron chi connectivity index (χ2n) is 18.6. The van der Waals surface area contributed by atoms with Gasteiger partial charge in [0.2, 0.25) is 0 Å². The molecule has 9 fully saturated rings. The molecule has 9 rings (SSSR count). The average Bonchev–Trinajstić information content (AvgIpc) is 3.50. The standard InChI is InChI=1S/C41H69N3O/c1-3-11-26(12-4-1)30-21-22-34-36(24-30)45-37-25-35(32-17-9-10-18-33(32)38(34)37)41-43-39(28-14-5-2-6-15-28)42-40(44-41)31-20-19-27-13-7-8-16-29(27)23-31/h26-44H,1-25H2. The second-order valence-corrected chi connectivity index (χ2v) is 18.6. The van der Waals surface area contributed by atoms with Crippen molar-refractivity contribution in [3.63, 3.8) is 0 Å². The number of nitrogens with one attached hydrogen (secondary N) is 3. The van der Waals surface area contributed by atoms with E-state index in [-0.39, 0.29) is 0 Å². The second kappa shape index (κ2) is 13.6. The highest BCUT2D eigenvalue weighted by molar-refractivity contribution is 5.07. The fraction of sp³-hybridized carbons (Fsp3) is 1.00. The van der Waals surface area contributed by atoms with Gasteiger partial charge in [-0.3, -0.25) is 16.0 Å². The molecule has 0 spiro atoms. The topological polar surface area (TPSA) is 45.3 Å². The van der Waals surface area contributed by atoms with Crippen molar-refractivity contribution in [3.8, 4) is 0 Å². The minimum atomic E-state index is 0.472. The van der Waals surface area contributed by atoms with Crippen LogP contribution in [-0.2, 0) is 4.74 Å². The molecule has 9 aliphatic rings. The first-order valence-corrected chi connectivity index (χ1v) is 21.2. The Hall–Kier alpha value is -0.160. The molecule has 0 radical (unpaired) electrons. The molecule has 0 aromatic carbocycles. The summed E-state index contributed by atoms with van der Waals surface area (Å²) in [5, 5.41) is 13.1. The molecule has 0 bridgehead atoms. The van der Waals surface area contributed by atoms with E-state index in [2.05, 4.69) is 16.0 Å². The molecule has 7 saturated carbocycles. The van der Waals surface area contributed by atoms with Crippen LogP contribution in [0, 0.1) is 65.1 Å². The Kier molecular flexibility index (Phi) is 9.35. The highest BCUT2D eigenvalue weighted by Crippen LogP contribution is 2.58. The largest absolute Gasteiger partial charge is 0.374 e. The van der Waals surface area contributed by atoms with Crippen molar-refractivity contribution >= 4 is 0 Å². The molecule has 45 heavy (non-hydrogen) atoms. The monoisotopic (exact) mass is 620 g/mol. The van der Waals surface area contributed by atoms with E-state index in [4.69, 9.17) is 4.74 Å². The predicted octanol–water partition coefficient (Wildman–Crippen LogP) is 9.14. The smallest absolute Gasteiger partial charge is 0.0628 e. The first kappa shape index (κ1) is 30.9. The maximum Gasteiger partial charge on any atom is 0.0628 e. The molecular weight excluding hydrogens is 550 g/mol. The maximum atomic E-state index is 7.33. The zero-order valence-electron chi connectivity index (χ0n) is 28.8. The van der Waals surface area contributed by atoms with E-state index >= 15 is 0 Å². The quantitative estimate of drug-likeness (QED) is 0.294. The number of hydrogen-bond donors (Lipinski definition) is 3. The maximum absolute atomic E-state index is 7.33. The summed E-state index contributed by atoms with van der Waals surface area (Å²) in [4.78, 5) is 0. The molecule has 2 heterocycles. The summed E-state index contributed by atoms with van der Waals surface area (Å²) in [5.74, 6) is 9.99. The van der Waals surface area contributed by atoms with Crippen molar-refractivity contribution in [2.45, 2.75) is 191 Å². The van der Waals surface area contributed by atoms with Crippen LogP contribution in [0.3, 0.4) is 0 Å². The molecule has 4 heteroatoms. The molecule has 2 saturated heterocycles. The van der Waals surface area contributed by atoms with E-state index < -0.39 is 0 Å². The lowest BCUT2D eigenvalue weighted by atomic mass is 9.55. The highest BCUT2D eigenvalue weighted by atomic mass is 16.5. The van der Waals surface area contributed by atoms with Gasteiger partial charge >= 0.3 is 0 Å². The molecular formula is C41H69N3O. The van der Waals surface area contributed by atoms with Gasteiger partial charge in [0.05, 0.1) is 30.7 Å². The Morgan fingerprint density at radius 2 is 0.844 bits per heavy atom. The van der Waals surface area contributed by atoms with Gasteiger partial charge in [-0.2, -0.15) is 0 Å². The lowest BCUT2D eigenvalue weighted by Gasteiger charge is -2.55. The van der Waals surface area contributed by atoms with Crippen molar-refractivity contribution < 1.29 is 4.74 Å². The van der Waals surface area contributed by atoms with Crippen LogP contribution < -0.4 is 16.0 Å². The number of fused-ring (bicyclic) bond motifs is 6. The van der Waals surface area contributed by atoms with E-state index in [0.29, 0.717) is 30.7 Å². The molecule has 0 amide bonds. The van der Waals surface area contributed by atoms with E-state index in [9.17, 15) is 0 Å². The van der Waals surface area contributed by atoms with Crippen molar-refractivity contribution in [1.29, 1.82) is 0 Å². The van der Waals surface area contributed by atoms with Gasteiger partial charge < -0.3 is 4.74 Å². The Morgan fingerprint density at radius 1 is 0.311 bits per heavy atom. The van der Waals surface area contributed by atoms with Gasteiger partial charge in [-0.15, -0.1) is 0 Å². The molecule has 0 aromatic heterocycles. The third-order valence-corrected chi connectivity index (χ3v) is 16.6. The van der Waals surface area contributed by atoms with Gasteiger partial charge in [-0.05, 0) is 136 Å². The zero-order valence-corrected chi connectivity index (χ0v) is 28.8. The Bertz CT molecular complexity index is 976. The van der Waals surface area contributed by atoms with Crippen LogP contribution in [-0.4, -0.2) is 30.7 Å². The molecule has 14 unspecified atom stereocenters. The summed E-state index contributed by atoms with van der Waals surface area (Å²) in [6, 6.07) is 0. The normalized spacial score (nSPS) is 51.5. The fourth-order valence-corrected chi connectivity index (χ4v) is 14.4. The molecule has 254 valence electrons. The molecule has 0 aromatic rings. The van der Waals surface area contributed by atoms with Crippen LogP contribution in [0.25, 0.3) is 0 Å². The van der Waals surface area contributed by atoms with Crippen molar-refractivity contribution in [2.24, 2.45) is 65.1 Å². The first-order valence-electron chi connectivity index (χ1n) is 21.2. The molecule has 2 aliphatic heterocycles. The Balaban J connectivity index is 0.941. The number of hydrogen-bond acceptors (Lipinski definition) is 4. The average molecular weight is 620 g/mol. The third kappa shape index (κ3) is 6.14. The summed E-state index contributed by atoms with van der Waals surface area (Å²) in [6.45, 7) is 0. The van der Waals surface area contributed by atoms with E-state index in [0.717, 1.165) is 65.1 Å². The van der Waals surface area contributed by atoms with E-state index in [1.165, 1.54) is 161 Å². The summed E-state index contributed by atoms with van der Waals surface area (Å²) >= 11 is 0. The zero-order chi connectivity index (χ0) is 29.7. The molecule has 4 nitrogen and oxygen atoms in total. The number of ether oxygens (including phenoxy) is 1. The number of rotatable bonds is 4. The van der Waals surface area contributed by atoms with Crippen molar-refractivity contribution in [1.82, 2.24) is 16.0 Å². The van der Waals surface area contributed by atoms with E-state index in [1.807, 2.05) is 0 Å². The van der Waals surface area contributed by atoms with Crippen LogP contribution in [0.5, 0.6) is 0 Å². The minimum absolute atomic E-state index is 0.472. The molecule has 14 atom stereocenters. The fourth-order valence-electron chi connectivity index (χ4n) is 14.4. The Labute approximate surface area is 276 Å². The van der Waals surface area contributed by atoms with Gasteiger partial charge in [0.25, 0.3) is 0 Å². The van der Waals surface area contributed by atoms with Gasteiger partial charge in [0.1, 0.15) is 0 Å². The van der Waals surface area contributed by atoms with Crippen LogP contribution >= 0.6 is 0 Å². The van der Waals surface area contributed by atoms with Crippen LogP contribution in [0.1, 0.15) is 161 Å². The van der Waals surface area contributed by atoms with Crippen LogP contribution in [0.15, 0.2) is 0 Å².